The highest BCUT2D eigenvalue weighted by Gasteiger charge is 2.29. The Balaban J connectivity index is 2.30. The molecule has 0 amide bonds. The summed E-state index contributed by atoms with van der Waals surface area (Å²) < 4.78 is 29.2. The maximum Gasteiger partial charge on any atom is 0.137 e. The Kier molecular flexibility index (Phi) is 4.14. The molecule has 0 spiro atoms. The van der Waals surface area contributed by atoms with Gasteiger partial charge in [-0.2, -0.15) is 0 Å². The van der Waals surface area contributed by atoms with Gasteiger partial charge in [0.15, 0.2) is 0 Å². The number of aromatic nitrogens is 1. The highest BCUT2D eigenvalue weighted by atomic mass is 32.2. The second-order valence-corrected chi connectivity index (χ2v) is 8.10. The van der Waals surface area contributed by atoms with Crippen LogP contribution >= 0.6 is 0 Å². The molecule has 0 radical (unpaired) electrons. The molecule has 0 bridgehead atoms. The van der Waals surface area contributed by atoms with Crippen LogP contribution in [0.1, 0.15) is 45.0 Å². The molecule has 2 aromatic rings. The molecule has 2 atom stereocenters. The van der Waals surface area contributed by atoms with Gasteiger partial charge < -0.3 is 9.54 Å². The van der Waals surface area contributed by atoms with Gasteiger partial charge >= 0.3 is 0 Å². The standard InChI is InChI=1S/C15H21FN2OS/c1-9-8-12-13(17-9)7-6-11(14(12)16)10(2)18-20(19)15(3,4)5/h6-8,10,17-18H,1-5H3/t10-,20?/m1/s1. The lowest BCUT2D eigenvalue weighted by molar-refractivity contribution is 0.524. The van der Waals surface area contributed by atoms with E-state index in [0.29, 0.717) is 10.9 Å². The Morgan fingerprint density at radius 2 is 2.00 bits per heavy atom. The highest BCUT2D eigenvalue weighted by Crippen LogP contribution is 2.27. The lowest BCUT2D eigenvalue weighted by Crippen LogP contribution is -2.40. The number of nitrogens with one attached hydrogen (secondary N) is 2. The van der Waals surface area contributed by atoms with Crippen LogP contribution in [-0.2, 0) is 11.4 Å². The molecule has 0 aliphatic carbocycles. The molecule has 1 aromatic carbocycles. The van der Waals surface area contributed by atoms with E-state index in [4.69, 9.17) is 0 Å². The molecule has 5 heteroatoms. The Morgan fingerprint density at radius 3 is 2.60 bits per heavy atom. The molecule has 20 heavy (non-hydrogen) atoms. The minimum absolute atomic E-state index is 0.252. The maximum atomic E-state index is 14.5. The van der Waals surface area contributed by atoms with Crippen molar-refractivity contribution in [1.82, 2.24) is 9.71 Å². The van der Waals surface area contributed by atoms with Gasteiger partial charge in [-0.1, -0.05) is 6.07 Å². The summed E-state index contributed by atoms with van der Waals surface area (Å²) in [6, 6.07) is 5.08. The van der Waals surface area contributed by atoms with Crippen molar-refractivity contribution in [3.8, 4) is 0 Å². The van der Waals surface area contributed by atoms with Gasteiger partial charge in [0.1, 0.15) is 10.6 Å². The zero-order valence-electron chi connectivity index (χ0n) is 12.5. The first-order valence-corrected chi connectivity index (χ1v) is 7.81. The van der Waals surface area contributed by atoms with E-state index in [0.717, 1.165) is 11.2 Å². The third-order valence-corrected chi connectivity index (χ3v) is 4.89. The topological polar surface area (TPSA) is 50.9 Å². The lowest BCUT2D eigenvalue weighted by Gasteiger charge is -2.26. The molecule has 0 aliphatic heterocycles. The van der Waals surface area contributed by atoms with Gasteiger partial charge in [-0.15, -0.1) is 4.72 Å². The monoisotopic (exact) mass is 296 g/mol. The van der Waals surface area contributed by atoms with E-state index in [-0.39, 0.29) is 16.6 Å². The molecule has 0 saturated heterocycles. The lowest BCUT2D eigenvalue weighted by atomic mass is 10.1. The van der Waals surface area contributed by atoms with Gasteiger partial charge in [0.2, 0.25) is 0 Å². The van der Waals surface area contributed by atoms with Crippen molar-refractivity contribution in [2.75, 3.05) is 0 Å². The minimum Gasteiger partial charge on any atom is -0.598 e. The quantitative estimate of drug-likeness (QED) is 0.848. The summed E-state index contributed by atoms with van der Waals surface area (Å²) in [7, 11) is 0. The summed E-state index contributed by atoms with van der Waals surface area (Å²) in [5, 5.41) is 0.579. The molecule has 2 rings (SSSR count). The number of benzene rings is 1. The van der Waals surface area contributed by atoms with Crippen molar-refractivity contribution < 1.29 is 8.94 Å². The zero-order valence-corrected chi connectivity index (χ0v) is 13.3. The van der Waals surface area contributed by atoms with Crippen LogP contribution in [0.3, 0.4) is 0 Å². The van der Waals surface area contributed by atoms with Crippen LogP contribution in [0, 0.1) is 12.7 Å². The Hall–Kier alpha value is -1.04. The summed E-state index contributed by atoms with van der Waals surface area (Å²) in [5.41, 5.74) is 2.25. The van der Waals surface area contributed by atoms with Crippen LogP contribution in [0.15, 0.2) is 18.2 Å². The van der Waals surface area contributed by atoms with Gasteiger partial charge in [0.05, 0.1) is 6.04 Å². The van der Waals surface area contributed by atoms with E-state index in [1.54, 1.807) is 12.1 Å². The molecule has 0 saturated carbocycles. The second kappa shape index (κ2) is 5.39. The van der Waals surface area contributed by atoms with Crippen LogP contribution in [-0.4, -0.2) is 14.3 Å². The van der Waals surface area contributed by atoms with Crippen molar-refractivity contribution in [2.24, 2.45) is 0 Å². The smallest absolute Gasteiger partial charge is 0.137 e. The summed E-state index contributed by atoms with van der Waals surface area (Å²) in [6.07, 6.45) is 0. The second-order valence-electron chi connectivity index (χ2n) is 6.10. The number of aryl methyl sites for hydroxylation is 1. The van der Waals surface area contributed by atoms with Gasteiger partial charge in [0, 0.05) is 33.5 Å². The Bertz CT molecular complexity index is 618. The number of H-pyrrole nitrogens is 1. The first-order valence-electron chi connectivity index (χ1n) is 6.66. The van der Waals surface area contributed by atoms with Crippen LogP contribution in [0.4, 0.5) is 4.39 Å². The zero-order chi connectivity index (χ0) is 15.1. The van der Waals surface area contributed by atoms with Gasteiger partial charge in [-0.05, 0) is 46.8 Å². The fraction of sp³-hybridized carbons (Fsp3) is 0.467. The summed E-state index contributed by atoms with van der Waals surface area (Å²) >= 11 is -1.23. The molecule has 2 N–H and O–H groups in total. The van der Waals surface area contributed by atoms with Gasteiger partial charge in [-0.3, -0.25) is 0 Å². The number of rotatable bonds is 3. The molecule has 1 heterocycles. The third kappa shape index (κ3) is 3.00. The minimum atomic E-state index is -1.23. The van der Waals surface area contributed by atoms with E-state index in [1.807, 2.05) is 40.7 Å². The number of hydrogen-bond acceptors (Lipinski definition) is 2. The van der Waals surface area contributed by atoms with E-state index < -0.39 is 11.4 Å². The van der Waals surface area contributed by atoms with E-state index >= 15 is 0 Å². The van der Waals surface area contributed by atoms with Gasteiger partial charge in [-0.25, -0.2) is 4.39 Å². The van der Waals surface area contributed by atoms with Crippen LogP contribution < -0.4 is 4.72 Å². The molecule has 1 aromatic heterocycles. The predicted molar refractivity (Wildman–Crippen MR) is 82.4 cm³/mol. The number of halogens is 1. The average molecular weight is 296 g/mol. The van der Waals surface area contributed by atoms with E-state index in [9.17, 15) is 8.94 Å². The summed E-state index contributed by atoms with van der Waals surface area (Å²) in [6.45, 7) is 9.39. The normalized spacial score (nSPS) is 15.6. The van der Waals surface area contributed by atoms with E-state index in [2.05, 4.69) is 9.71 Å². The Morgan fingerprint density at radius 1 is 1.35 bits per heavy atom. The first-order chi connectivity index (χ1) is 9.20. The Labute approximate surface area is 122 Å². The van der Waals surface area contributed by atoms with Gasteiger partial charge in [0.25, 0.3) is 0 Å². The van der Waals surface area contributed by atoms with Crippen molar-refractivity contribution in [3.05, 3.63) is 35.3 Å². The van der Waals surface area contributed by atoms with E-state index in [1.165, 1.54) is 0 Å². The predicted octanol–water partition coefficient (Wildman–Crippen LogP) is 3.73. The van der Waals surface area contributed by atoms with Crippen LogP contribution in [0.2, 0.25) is 0 Å². The summed E-state index contributed by atoms with van der Waals surface area (Å²) in [5.74, 6) is -0.252. The van der Waals surface area contributed by atoms with Crippen molar-refractivity contribution in [3.63, 3.8) is 0 Å². The highest BCUT2D eigenvalue weighted by molar-refractivity contribution is 7.90. The SMILES string of the molecule is Cc1cc2c(F)c([C@@H](C)N[S+]([O-])C(C)(C)C)ccc2[nH]1. The summed E-state index contributed by atoms with van der Waals surface area (Å²) in [4.78, 5) is 3.11. The fourth-order valence-electron chi connectivity index (χ4n) is 2.06. The molecule has 0 fully saturated rings. The first kappa shape index (κ1) is 15.4. The van der Waals surface area contributed by atoms with Crippen LogP contribution in [0.25, 0.3) is 10.9 Å². The molecule has 0 aliphatic rings. The average Bonchev–Trinajstić information content (AvgIpc) is 2.69. The molecular weight excluding hydrogens is 275 g/mol. The number of fused-ring (bicyclic) bond motifs is 1. The number of aromatic amines is 1. The number of hydrogen-bond donors (Lipinski definition) is 2. The van der Waals surface area contributed by atoms with Crippen molar-refractivity contribution in [1.29, 1.82) is 0 Å². The van der Waals surface area contributed by atoms with Crippen molar-refractivity contribution in [2.45, 2.75) is 45.4 Å². The molecular formula is C15H21FN2OS. The fourth-order valence-corrected chi connectivity index (χ4v) is 2.86. The van der Waals surface area contributed by atoms with Crippen LogP contribution in [0.5, 0.6) is 0 Å². The largest absolute Gasteiger partial charge is 0.598 e. The molecule has 3 nitrogen and oxygen atoms in total. The van der Waals surface area contributed by atoms with Crippen molar-refractivity contribution >= 4 is 22.3 Å². The maximum absolute atomic E-state index is 14.5. The molecule has 110 valence electrons. The third-order valence-electron chi connectivity index (χ3n) is 3.21. The molecule has 1 unspecified atom stereocenters.